The second-order valence-corrected chi connectivity index (χ2v) is 16.2. The van der Waals surface area contributed by atoms with Crippen molar-refractivity contribution in [2.45, 2.75) is 89.7 Å². The molecule has 0 spiro atoms. The normalized spacial score (nSPS) is 23.5. The molecule has 0 saturated carbocycles. The Kier molecular flexibility index (Phi) is 12.6. The summed E-state index contributed by atoms with van der Waals surface area (Å²) >= 11 is 12.4. The Labute approximate surface area is 334 Å². The van der Waals surface area contributed by atoms with Crippen LogP contribution in [0.15, 0.2) is 54.6 Å². The van der Waals surface area contributed by atoms with Crippen LogP contribution in [0.1, 0.15) is 75.4 Å². The molecule has 6 atom stereocenters. The van der Waals surface area contributed by atoms with Crippen molar-refractivity contribution in [2.75, 3.05) is 26.1 Å². The lowest BCUT2D eigenvalue weighted by atomic mass is 9.62. The molecule has 2 unspecified atom stereocenters. The van der Waals surface area contributed by atoms with E-state index >= 15 is 8.78 Å². The van der Waals surface area contributed by atoms with Gasteiger partial charge in [-0.1, -0.05) is 62.2 Å². The fraction of sp³-hybridized carbons (Fsp3) is 0.450. The fourth-order valence-corrected chi connectivity index (χ4v) is 7.47. The molecule has 0 aromatic heterocycles. The van der Waals surface area contributed by atoms with Gasteiger partial charge in [0.05, 0.1) is 42.1 Å². The summed E-state index contributed by atoms with van der Waals surface area (Å²) < 4.78 is 59.3. The summed E-state index contributed by atoms with van der Waals surface area (Å²) in [6.07, 6.45) is -2.54. The minimum atomic E-state index is -1.84. The van der Waals surface area contributed by atoms with E-state index in [0.717, 1.165) is 6.07 Å². The van der Waals surface area contributed by atoms with Crippen LogP contribution in [0.2, 0.25) is 10.0 Å². The number of nitrogens with zero attached hydrogens (tertiary/aromatic N) is 2. The number of carbonyl (C=O) groups excluding carboxylic acids is 3. The van der Waals surface area contributed by atoms with Crippen molar-refractivity contribution in [2.24, 2.45) is 5.41 Å². The smallest absolute Gasteiger partial charge is 0.414 e. The average molecular weight is 818 g/mol. The summed E-state index contributed by atoms with van der Waals surface area (Å²) in [6.45, 7) is 10.7. The SMILES string of the molecule is COc1cc(C(=O)OC(C)OC(=O)N(C)C2COC(C)(C)O2)ccc1NC(=O)[C@@H]1N[C@@H](CC(C)(C)C)[C@](C#N)(c2ccc(Cl)cc2F)[C@H]1c1cccc(Cl)c1F. The first-order chi connectivity index (χ1) is 26.2. The van der Waals surface area contributed by atoms with E-state index in [1.165, 1.54) is 74.5 Å². The van der Waals surface area contributed by atoms with Crippen LogP contribution in [-0.4, -0.2) is 74.0 Å². The van der Waals surface area contributed by atoms with Gasteiger partial charge in [0.2, 0.25) is 12.2 Å². The number of anilines is 1. The molecule has 2 saturated heterocycles. The average Bonchev–Trinajstić information content (AvgIpc) is 3.64. The first-order valence-electron chi connectivity index (χ1n) is 17.7. The maximum atomic E-state index is 16.1. The molecule has 2 N–H and O–H groups in total. The molecular weight excluding hydrogens is 773 g/mol. The van der Waals surface area contributed by atoms with Crippen molar-refractivity contribution in [3.63, 3.8) is 0 Å². The molecule has 0 radical (unpaired) electrons. The molecule has 300 valence electrons. The first kappa shape index (κ1) is 42.6. The number of methoxy groups -OCH3 is 1. The van der Waals surface area contributed by atoms with Gasteiger partial charge in [-0.05, 0) is 67.6 Å². The Morgan fingerprint density at radius 2 is 1.82 bits per heavy atom. The molecule has 16 heteroatoms. The van der Waals surface area contributed by atoms with Gasteiger partial charge in [-0.25, -0.2) is 18.4 Å². The second kappa shape index (κ2) is 16.5. The van der Waals surface area contributed by atoms with Crippen LogP contribution in [0.3, 0.4) is 0 Å². The van der Waals surface area contributed by atoms with Crippen molar-refractivity contribution in [3.8, 4) is 11.8 Å². The molecule has 3 aromatic rings. The minimum Gasteiger partial charge on any atom is -0.495 e. The van der Waals surface area contributed by atoms with Crippen molar-refractivity contribution in [1.82, 2.24) is 10.2 Å². The van der Waals surface area contributed by atoms with E-state index in [-0.39, 0.29) is 51.2 Å². The number of esters is 1. The molecule has 2 aliphatic rings. The van der Waals surface area contributed by atoms with Gasteiger partial charge < -0.3 is 34.3 Å². The molecule has 2 amide bonds. The number of halogens is 4. The van der Waals surface area contributed by atoms with Gasteiger partial charge in [0.15, 0.2) is 12.0 Å². The van der Waals surface area contributed by atoms with Crippen molar-refractivity contribution >= 4 is 46.9 Å². The number of nitriles is 1. The Bertz CT molecular complexity index is 2040. The lowest BCUT2D eigenvalue weighted by Crippen LogP contribution is -2.45. The lowest BCUT2D eigenvalue weighted by Gasteiger charge is -2.37. The molecule has 12 nitrogen and oxygen atoms in total. The minimum absolute atomic E-state index is 0.00445. The molecule has 2 heterocycles. The summed E-state index contributed by atoms with van der Waals surface area (Å²) in [5.74, 6) is -5.37. The maximum absolute atomic E-state index is 16.1. The van der Waals surface area contributed by atoms with Gasteiger partial charge in [0.25, 0.3) is 0 Å². The highest BCUT2D eigenvalue weighted by Gasteiger charge is 2.61. The topological polar surface area (TPSA) is 148 Å². The number of amides is 2. The number of hydrogen-bond donors (Lipinski definition) is 2. The van der Waals surface area contributed by atoms with Crippen LogP contribution in [0.5, 0.6) is 5.75 Å². The summed E-state index contributed by atoms with van der Waals surface area (Å²) in [6, 6.07) is 12.3. The third-order valence-electron chi connectivity index (χ3n) is 9.68. The molecule has 3 aromatic carbocycles. The summed E-state index contributed by atoms with van der Waals surface area (Å²) in [5, 5.41) is 17.0. The van der Waals surface area contributed by atoms with E-state index in [2.05, 4.69) is 16.7 Å². The monoisotopic (exact) mass is 816 g/mol. The highest BCUT2D eigenvalue weighted by atomic mass is 35.5. The molecule has 0 aliphatic carbocycles. The molecule has 0 bridgehead atoms. The highest BCUT2D eigenvalue weighted by molar-refractivity contribution is 6.31. The maximum Gasteiger partial charge on any atom is 0.414 e. The Morgan fingerprint density at radius 3 is 2.43 bits per heavy atom. The third kappa shape index (κ3) is 8.87. The molecule has 2 aliphatic heterocycles. The summed E-state index contributed by atoms with van der Waals surface area (Å²) in [7, 11) is 2.78. The van der Waals surface area contributed by atoms with E-state index in [4.69, 9.17) is 46.9 Å². The third-order valence-corrected chi connectivity index (χ3v) is 10.2. The zero-order valence-electron chi connectivity index (χ0n) is 32.2. The molecule has 56 heavy (non-hydrogen) atoms. The van der Waals surface area contributed by atoms with Crippen LogP contribution >= 0.6 is 23.2 Å². The van der Waals surface area contributed by atoms with Crippen LogP contribution in [0.4, 0.5) is 19.3 Å². The predicted octanol–water partition coefficient (Wildman–Crippen LogP) is 7.92. The van der Waals surface area contributed by atoms with Crippen molar-refractivity contribution < 1.29 is 46.8 Å². The number of benzene rings is 3. The Hall–Kier alpha value is -4.52. The molecular formula is C40H44Cl2F2N4O8. The summed E-state index contributed by atoms with van der Waals surface area (Å²) in [5.41, 5.74) is -2.31. The van der Waals surface area contributed by atoms with Crippen LogP contribution in [-0.2, 0) is 29.2 Å². The van der Waals surface area contributed by atoms with E-state index in [1.807, 2.05) is 20.8 Å². The Balaban J connectivity index is 1.43. The Morgan fingerprint density at radius 1 is 1.11 bits per heavy atom. The zero-order chi connectivity index (χ0) is 41.3. The lowest BCUT2D eigenvalue weighted by molar-refractivity contribution is -0.156. The number of carbonyl (C=O) groups is 3. The van der Waals surface area contributed by atoms with E-state index in [9.17, 15) is 19.6 Å². The van der Waals surface area contributed by atoms with Gasteiger partial charge in [0.1, 0.15) is 22.8 Å². The number of ether oxygens (including phenoxy) is 5. The molecule has 2 fully saturated rings. The molecule has 5 rings (SSSR count). The number of nitrogens with one attached hydrogen (secondary N) is 2. The quantitative estimate of drug-likeness (QED) is 0.153. The zero-order valence-corrected chi connectivity index (χ0v) is 33.7. The number of rotatable bonds is 10. The summed E-state index contributed by atoms with van der Waals surface area (Å²) in [4.78, 5) is 41.4. The van der Waals surface area contributed by atoms with Crippen LogP contribution in [0.25, 0.3) is 0 Å². The van der Waals surface area contributed by atoms with Crippen LogP contribution < -0.4 is 15.4 Å². The van der Waals surface area contributed by atoms with Gasteiger partial charge in [-0.2, -0.15) is 5.26 Å². The second-order valence-electron chi connectivity index (χ2n) is 15.3. The van der Waals surface area contributed by atoms with E-state index in [1.54, 1.807) is 13.8 Å². The van der Waals surface area contributed by atoms with E-state index in [0.29, 0.717) is 0 Å². The highest BCUT2D eigenvalue weighted by Crippen LogP contribution is 2.53. The van der Waals surface area contributed by atoms with Crippen molar-refractivity contribution in [1.29, 1.82) is 5.26 Å². The largest absolute Gasteiger partial charge is 0.495 e. The van der Waals surface area contributed by atoms with Crippen LogP contribution in [0, 0.1) is 28.4 Å². The van der Waals surface area contributed by atoms with Gasteiger partial charge >= 0.3 is 12.1 Å². The first-order valence-corrected chi connectivity index (χ1v) is 18.5. The van der Waals surface area contributed by atoms with Gasteiger partial charge in [-0.15, -0.1) is 0 Å². The standard InChI is InChI=1S/C40H44Cl2F2N4O8/c1-21(55-37(51)48(7)31-19-53-39(5,6)56-31)54-36(50)22-12-15-28(29(16-22)52-8)46-35(49)34-32(24-10-9-11-26(42)33(24)44)40(20-45,30(47-34)18-38(2,3)4)25-14-13-23(41)17-27(25)43/h9-17,21,30-32,34,47H,18-19H2,1-8H3,(H,46,49)/t21?,30-,31?,32-,34+,40-/m0/s1. The predicted molar refractivity (Wildman–Crippen MR) is 203 cm³/mol. The van der Waals surface area contributed by atoms with E-state index < -0.39 is 76.7 Å². The van der Waals surface area contributed by atoms with Gasteiger partial charge in [0, 0.05) is 36.5 Å². The fourth-order valence-electron chi connectivity index (χ4n) is 7.13. The number of hydrogen-bond acceptors (Lipinski definition) is 10. The number of likely N-dealkylation sites (N-methyl/N-ethyl adjacent to an activating group) is 1. The van der Waals surface area contributed by atoms with Crippen molar-refractivity contribution in [3.05, 3.63) is 93.0 Å². The van der Waals surface area contributed by atoms with Gasteiger partial charge in [-0.3, -0.25) is 9.69 Å².